The van der Waals surface area contributed by atoms with E-state index in [-0.39, 0.29) is 5.91 Å². The maximum absolute atomic E-state index is 13.7. The van der Waals surface area contributed by atoms with Crippen LogP contribution < -0.4 is 10.6 Å². The first-order valence-corrected chi connectivity index (χ1v) is 13.0. The second-order valence-electron chi connectivity index (χ2n) is 8.75. The van der Waals surface area contributed by atoms with Gasteiger partial charge in [0.25, 0.3) is 5.91 Å². The second-order valence-corrected chi connectivity index (χ2v) is 9.81. The predicted octanol–water partition coefficient (Wildman–Crippen LogP) is 5.50. The molecule has 8 nitrogen and oxygen atoms in total. The van der Waals surface area contributed by atoms with Crippen LogP contribution >= 0.6 is 11.8 Å². The number of aryl methyl sites for hydroxylation is 1. The SMILES string of the molecule is CCCCSc1nc2n(n1)C(c1ccc(C(=O)OC)cc1)C(C(=O)Nc1cccc(C)c1C)=C(C)N2. The van der Waals surface area contributed by atoms with Gasteiger partial charge >= 0.3 is 5.97 Å². The Hall–Kier alpha value is -3.59. The minimum Gasteiger partial charge on any atom is -0.465 e. The molecule has 0 saturated heterocycles. The monoisotopic (exact) mass is 505 g/mol. The van der Waals surface area contributed by atoms with E-state index in [2.05, 4.69) is 22.5 Å². The number of hydrogen-bond acceptors (Lipinski definition) is 7. The summed E-state index contributed by atoms with van der Waals surface area (Å²) in [6.45, 7) is 8.03. The number of carbonyl (C=O) groups is 2. The Morgan fingerprint density at radius 3 is 2.58 bits per heavy atom. The average Bonchev–Trinajstić information content (AvgIpc) is 3.27. The molecular formula is C27H31N5O3S. The van der Waals surface area contributed by atoms with E-state index < -0.39 is 12.0 Å². The zero-order valence-electron chi connectivity index (χ0n) is 21.2. The average molecular weight is 506 g/mol. The minimum absolute atomic E-state index is 0.225. The molecule has 1 atom stereocenters. The molecule has 0 radical (unpaired) electrons. The lowest BCUT2D eigenvalue weighted by molar-refractivity contribution is -0.113. The number of carbonyl (C=O) groups excluding carboxylic acids is 2. The third-order valence-corrected chi connectivity index (χ3v) is 7.23. The van der Waals surface area contributed by atoms with Gasteiger partial charge in [-0.3, -0.25) is 4.79 Å². The molecule has 36 heavy (non-hydrogen) atoms. The van der Waals surface area contributed by atoms with Gasteiger partial charge in [0, 0.05) is 17.1 Å². The number of anilines is 2. The molecule has 188 valence electrons. The largest absolute Gasteiger partial charge is 0.465 e. The molecule has 0 aliphatic carbocycles. The van der Waals surface area contributed by atoms with Crippen molar-refractivity contribution in [3.63, 3.8) is 0 Å². The molecule has 1 aliphatic rings. The summed E-state index contributed by atoms with van der Waals surface area (Å²) < 4.78 is 6.60. The molecule has 0 spiro atoms. The van der Waals surface area contributed by atoms with Crippen molar-refractivity contribution in [2.45, 2.75) is 51.7 Å². The van der Waals surface area contributed by atoms with Crippen LogP contribution in [0.5, 0.6) is 0 Å². The number of unbranched alkanes of at least 4 members (excludes halogenated alkanes) is 1. The Bertz CT molecular complexity index is 1310. The fourth-order valence-corrected chi connectivity index (χ4v) is 5.01. The third-order valence-electron chi connectivity index (χ3n) is 6.31. The summed E-state index contributed by atoms with van der Waals surface area (Å²) in [5.74, 6) is 0.863. The smallest absolute Gasteiger partial charge is 0.337 e. The molecule has 0 bridgehead atoms. The van der Waals surface area contributed by atoms with E-state index in [1.54, 1.807) is 28.6 Å². The van der Waals surface area contributed by atoms with E-state index in [0.717, 1.165) is 41.0 Å². The molecule has 2 aromatic carbocycles. The minimum atomic E-state index is -0.522. The van der Waals surface area contributed by atoms with Crippen LogP contribution in [0.1, 0.15) is 59.8 Å². The van der Waals surface area contributed by atoms with Crippen molar-refractivity contribution in [3.8, 4) is 0 Å². The van der Waals surface area contributed by atoms with Crippen molar-refractivity contribution in [1.29, 1.82) is 0 Å². The Morgan fingerprint density at radius 2 is 1.89 bits per heavy atom. The van der Waals surface area contributed by atoms with Crippen molar-refractivity contribution in [3.05, 3.63) is 76.0 Å². The summed E-state index contributed by atoms with van der Waals surface area (Å²) in [5.41, 5.74) is 5.36. The number of thioether (sulfide) groups is 1. The van der Waals surface area contributed by atoms with Crippen molar-refractivity contribution in [2.75, 3.05) is 23.5 Å². The van der Waals surface area contributed by atoms with Gasteiger partial charge in [0.1, 0.15) is 6.04 Å². The number of benzene rings is 2. The number of hydrogen-bond donors (Lipinski definition) is 2. The summed E-state index contributed by atoms with van der Waals surface area (Å²) in [6, 6.07) is 12.4. The lowest BCUT2D eigenvalue weighted by Crippen LogP contribution is -2.31. The van der Waals surface area contributed by atoms with Crippen LogP contribution in [0.2, 0.25) is 0 Å². The fourth-order valence-electron chi connectivity index (χ4n) is 4.10. The molecule has 9 heteroatoms. The summed E-state index contributed by atoms with van der Waals surface area (Å²) in [5, 5.41) is 11.8. The number of ether oxygens (including phenoxy) is 1. The van der Waals surface area contributed by atoms with E-state index in [1.807, 2.05) is 51.1 Å². The Kier molecular flexibility index (Phi) is 7.79. The van der Waals surface area contributed by atoms with Gasteiger partial charge in [-0.1, -0.05) is 49.4 Å². The molecule has 1 aromatic heterocycles. The highest BCUT2D eigenvalue weighted by molar-refractivity contribution is 7.99. The maximum atomic E-state index is 13.7. The van der Waals surface area contributed by atoms with Crippen LogP contribution in [0.3, 0.4) is 0 Å². The Morgan fingerprint density at radius 1 is 1.14 bits per heavy atom. The molecule has 2 heterocycles. The number of fused-ring (bicyclic) bond motifs is 1. The lowest BCUT2D eigenvalue weighted by Gasteiger charge is -2.29. The number of nitrogens with zero attached hydrogens (tertiary/aromatic N) is 3. The summed E-state index contributed by atoms with van der Waals surface area (Å²) in [6.07, 6.45) is 2.17. The van der Waals surface area contributed by atoms with Crippen LogP contribution in [0.4, 0.5) is 11.6 Å². The predicted molar refractivity (Wildman–Crippen MR) is 142 cm³/mol. The first-order valence-electron chi connectivity index (χ1n) is 12.0. The molecule has 3 aromatic rings. The van der Waals surface area contributed by atoms with Crippen LogP contribution in [0, 0.1) is 13.8 Å². The van der Waals surface area contributed by atoms with Gasteiger partial charge in [-0.15, -0.1) is 5.10 Å². The normalized spacial score (nSPS) is 14.8. The summed E-state index contributed by atoms with van der Waals surface area (Å²) >= 11 is 1.60. The van der Waals surface area contributed by atoms with E-state index in [4.69, 9.17) is 9.84 Å². The molecule has 4 rings (SSSR count). The zero-order valence-corrected chi connectivity index (χ0v) is 22.0. The standard InChI is InChI=1S/C27H31N5O3S/c1-6-7-15-36-27-30-26-28-18(4)22(24(33)29-21-10-8-9-16(2)17(21)3)23(32(26)31-27)19-11-13-20(14-12-19)25(34)35-5/h8-14,23H,6-7,15H2,1-5H3,(H,29,33)(H,28,30,31). The van der Waals surface area contributed by atoms with Crippen LogP contribution in [-0.2, 0) is 9.53 Å². The maximum Gasteiger partial charge on any atom is 0.337 e. The topological polar surface area (TPSA) is 98.1 Å². The van der Waals surface area contributed by atoms with E-state index in [9.17, 15) is 9.59 Å². The molecule has 1 unspecified atom stereocenters. The first-order chi connectivity index (χ1) is 17.3. The number of aromatic nitrogens is 3. The molecular weight excluding hydrogens is 474 g/mol. The number of methoxy groups -OCH3 is 1. The van der Waals surface area contributed by atoms with Gasteiger partial charge in [0.05, 0.1) is 18.2 Å². The molecule has 2 N–H and O–H groups in total. The van der Waals surface area contributed by atoms with Gasteiger partial charge in [-0.05, 0) is 62.1 Å². The van der Waals surface area contributed by atoms with Gasteiger partial charge in [-0.2, -0.15) is 4.98 Å². The highest BCUT2D eigenvalue weighted by Crippen LogP contribution is 2.37. The number of nitrogens with one attached hydrogen (secondary N) is 2. The number of allylic oxidation sites excluding steroid dienone is 1. The highest BCUT2D eigenvalue weighted by Gasteiger charge is 2.34. The highest BCUT2D eigenvalue weighted by atomic mass is 32.2. The zero-order chi connectivity index (χ0) is 25.8. The van der Waals surface area contributed by atoms with Gasteiger partial charge in [-0.25, -0.2) is 9.48 Å². The Balaban J connectivity index is 1.75. The molecule has 0 saturated carbocycles. The van der Waals surface area contributed by atoms with Crippen LogP contribution in [-0.4, -0.2) is 39.5 Å². The van der Waals surface area contributed by atoms with Gasteiger partial charge < -0.3 is 15.4 Å². The van der Waals surface area contributed by atoms with Gasteiger partial charge in [0.2, 0.25) is 11.1 Å². The number of amides is 1. The van der Waals surface area contributed by atoms with Crippen molar-refractivity contribution in [2.24, 2.45) is 0 Å². The first kappa shape index (κ1) is 25.5. The van der Waals surface area contributed by atoms with Crippen LogP contribution in [0.15, 0.2) is 58.9 Å². The van der Waals surface area contributed by atoms with Crippen molar-refractivity contribution >= 4 is 35.3 Å². The number of rotatable bonds is 8. The molecule has 1 amide bonds. The second kappa shape index (κ2) is 11.0. The third kappa shape index (κ3) is 5.16. The number of esters is 1. The van der Waals surface area contributed by atoms with Crippen LogP contribution in [0.25, 0.3) is 0 Å². The lowest BCUT2D eigenvalue weighted by atomic mass is 9.94. The summed E-state index contributed by atoms with van der Waals surface area (Å²) in [7, 11) is 1.35. The van der Waals surface area contributed by atoms with E-state index in [0.29, 0.717) is 27.9 Å². The molecule has 1 aliphatic heterocycles. The van der Waals surface area contributed by atoms with Crippen molar-refractivity contribution in [1.82, 2.24) is 14.8 Å². The van der Waals surface area contributed by atoms with Gasteiger partial charge in [0.15, 0.2) is 0 Å². The van der Waals surface area contributed by atoms with E-state index >= 15 is 0 Å². The quantitative estimate of drug-likeness (QED) is 0.237. The van der Waals surface area contributed by atoms with E-state index in [1.165, 1.54) is 7.11 Å². The van der Waals surface area contributed by atoms with Crippen molar-refractivity contribution < 1.29 is 14.3 Å². The molecule has 0 fully saturated rings. The Labute approximate surface area is 215 Å². The summed E-state index contributed by atoms with van der Waals surface area (Å²) in [4.78, 5) is 30.4. The fraction of sp³-hybridized carbons (Fsp3) is 0.333.